The van der Waals surface area contributed by atoms with Gasteiger partial charge < -0.3 is 10.0 Å². The molecule has 1 unspecified atom stereocenters. The Morgan fingerprint density at radius 2 is 2.08 bits per heavy atom. The summed E-state index contributed by atoms with van der Waals surface area (Å²) in [6.07, 6.45) is -0.422. The Morgan fingerprint density at radius 1 is 1.46 bits per heavy atom. The highest BCUT2D eigenvalue weighted by molar-refractivity contribution is 7.07. The molecule has 0 spiro atoms. The maximum Gasteiger partial charge on any atom is 0.0975 e. The molecule has 1 aromatic heterocycles. The van der Waals surface area contributed by atoms with Crippen molar-refractivity contribution < 1.29 is 5.11 Å². The zero-order valence-corrected chi connectivity index (χ0v) is 9.43. The molecule has 0 fully saturated rings. The van der Waals surface area contributed by atoms with Crippen molar-refractivity contribution in [3.63, 3.8) is 0 Å². The van der Waals surface area contributed by atoms with Gasteiger partial charge in [-0.15, -0.1) is 0 Å². The molecule has 0 aliphatic carbocycles. The lowest BCUT2D eigenvalue weighted by Gasteiger charge is -2.36. The number of likely N-dealkylation sites (N-methyl/N-ethyl adjacent to an activating group) is 1. The quantitative estimate of drug-likeness (QED) is 0.806. The lowest BCUT2D eigenvalue weighted by Crippen LogP contribution is -2.43. The first-order valence-corrected chi connectivity index (χ1v) is 5.28. The number of aliphatic hydroxyl groups excluding tert-OH is 1. The highest BCUT2D eigenvalue weighted by Crippen LogP contribution is 2.30. The summed E-state index contributed by atoms with van der Waals surface area (Å²) in [6.45, 7) is 4.07. The number of hydrogen-bond acceptors (Lipinski definition) is 3. The lowest BCUT2D eigenvalue weighted by atomic mass is 9.92. The predicted molar refractivity (Wildman–Crippen MR) is 57.0 cm³/mol. The van der Waals surface area contributed by atoms with Gasteiger partial charge in [-0.25, -0.2) is 0 Å². The van der Waals surface area contributed by atoms with Crippen LogP contribution in [0.15, 0.2) is 16.8 Å². The van der Waals surface area contributed by atoms with E-state index in [1.807, 2.05) is 49.7 Å². The molecule has 1 heterocycles. The molecular formula is C10H17NOS. The van der Waals surface area contributed by atoms with Crippen molar-refractivity contribution in [2.24, 2.45) is 0 Å². The van der Waals surface area contributed by atoms with E-state index in [1.165, 1.54) is 0 Å². The Labute approximate surface area is 83.8 Å². The molecule has 0 saturated carbocycles. The van der Waals surface area contributed by atoms with E-state index in [2.05, 4.69) is 0 Å². The highest BCUT2D eigenvalue weighted by atomic mass is 32.1. The van der Waals surface area contributed by atoms with E-state index in [0.29, 0.717) is 0 Å². The van der Waals surface area contributed by atoms with E-state index in [0.717, 1.165) is 5.56 Å². The van der Waals surface area contributed by atoms with Gasteiger partial charge in [-0.2, -0.15) is 11.3 Å². The van der Waals surface area contributed by atoms with Gasteiger partial charge in [-0.3, -0.25) is 0 Å². The zero-order chi connectivity index (χ0) is 10.1. The molecular weight excluding hydrogens is 182 g/mol. The number of hydrogen-bond donors (Lipinski definition) is 1. The molecule has 3 heteroatoms. The van der Waals surface area contributed by atoms with Gasteiger partial charge in [-0.05, 0) is 50.3 Å². The molecule has 1 atom stereocenters. The van der Waals surface area contributed by atoms with Gasteiger partial charge in [0, 0.05) is 5.54 Å². The molecule has 0 radical (unpaired) electrons. The smallest absolute Gasteiger partial charge is 0.0975 e. The summed E-state index contributed by atoms with van der Waals surface area (Å²) in [6, 6.07) is 1.97. The lowest BCUT2D eigenvalue weighted by molar-refractivity contribution is 0.0167. The van der Waals surface area contributed by atoms with Gasteiger partial charge in [0.25, 0.3) is 0 Å². The minimum atomic E-state index is -0.422. The molecule has 1 aromatic rings. The number of rotatable bonds is 3. The second-order valence-electron chi connectivity index (χ2n) is 4.01. The van der Waals surface area contributed by atoms with Gasteiger partial charge >= 0.3 is 0 Å². The summed E-state index contributed by atoms with van der Waals surface area (Å²) in [7, 11) is 3.96. The summed E-state index contributed by atoms with van der Waals surface area (Å²) in [5.74, 6) is 0. The largest absolute Gasteiger partial charge is 0.386 e. The summed E-state index contributed by atoms with van der Waals surface area (Å²) in [5.41, 5.74) is 0.782. The second kappa shape index (κ2) is 3.78. The normalized spacial score (nSPS) is 14.9. The molecule has 1 rings (SSSR count). The molecule has 0 saturated heterocycles. The van der Waals surface area contributed by atoms with Crippen molar-refractivity contribution in [1.29, 1.82) is 0 Å². The van der Waals surface area contributed by atoms with Crippen LogP contribution in [-0.4, -0.2) is 29.6 Å². The monoisotopic (exact) mass is 199 g/mol. The van der Waals surface area contributed by atoms with Crippen LogP contribution in [0.4, 0.5) is 0 Å². The van der Waals surface area contributed by atoms with E-state index >= 15 is 0 Å². The average molecular weight is 199 g/mol. The fourth-order valence-corrected chi connectivity index (χ4v) is 1.76. The predicted octanol–water partition coefficient (Wildman–Crippen LogP) is 2.12. The van der Waals surface area contributed by atoms with Gasteiger partial charge in [-0.1, -0.05) is 0 Å². The van der Waals surface area contributed by atoms with Gasteiger partial charge in [0.15, 0.2) is 0 Å². The van der Waals surface area contributed by atoms with E-state index in [1.54, 1.807) is 11.3 Å². The first-order chi connectivity index (χ1) is 5.96. The summed E-state index contributed by atoms with van der Waals surface area (Å²) < 4.78 is 0. The van der Waals surface area contributed by atoms with Gasteiger partial charge in [0.05, 0.1) is 6.10 Å². The van der Waals surface area contributed by atoms with Crippen molar-refractivity contribution in [1.82, 2.24) is 4.90 Å². The third-order valence-electron chi connectivity index (χ3n) is 2.68. The van der Waals surface area contributed by atoms with Gasteiger partial charge in [0.1, 0.15) is 0 Å². The Morgan fingerprint density at radius 3 is 2.46 bits per heavy atom. The van der Waals surface area contributed by atoms with Gasteiger partial charge in [0.2, 0.25) is 0 Å². The minimum Gasteiger partial charge on any atom is -0.386 e. The van der Waals surface area contributed by atoms with E-state index in [-0.39, 0.29) is 5.54 Å². The minimum absolute atomic E-state index is 0.221. The SMILES string of the molecule is CN(C)C(C)(C)C(O)c1ccsc1. The van der Waals surface area contributed by atoms with E-state index < -0.39 is 6.10 Å². The standard InChI is InChI=1S/C10H17NOS/c1-10(2,11(3)4)9(12)8-5-6-13-7-8/h5-7,9,12H,1-4H3. The van der Waals surface area contributed by atoms with Crippen LogP contribution < -0.4 is 0 Å². The summed E-state index contributed by atoms with van der Waals surface area (Å²) in [4.78, 5) is 2.04. The maximum atomic E-state index is 10.1. The molecule has 0 aliphatic heterocycles. The van der Waals surface area contributed by atoms with Crippen LogP contribution in [0.3, 0.4) is 0 Å². The molecule has 13 heavy (non-hydrogen) atoms. The van der Waals surface area contributed by atoms with Crippen molar-refractivity contribution in [2.45, 2.75) is 25.5 Å². The van der Waals surface area contributed by atoms with Crippen LogP contribution in [-0.2, 0) is 0 Å². The van der Waals surface area contributed by atoms with Crippen molar-refractivity contribution in [2.75, 3.05) is 14.1 Å². The van der Waals surface area contributed by atoms with Crippen LogP contribution in [0.25, 0.3) is 0 Å². The van der Waals surface area contributed by atoms with E-state index in [9.17, 15) is 5.11 Å². The fraction of sp³-hybridized carbons (Fsp3) is 0.600. The Bertz CT molecular complexity index is 254. The molecule has 0 aliphatic rings. The molecule has 1 N–H and O–H groups in total. The zero-order valence-electron chi connectivity index (χ0n) is 8.61. The van der Waals surface area contributed by atoms with Crippen molar-refractivity contribution >= 4 is 11.3 Å². The summed E-state index contributed by atoms with van der Waals surface area (Å²) in [5, 5.41) is 14.1. The number of aliphatic hydroxyl groups is 1. The number of thiophene rings is 1. The first-order valence-electron chi connectivity index (χ1n) is 4.34. The van der Waals surface area contributed by atoms with Crippen LogP contribution in [0, 0.1) is 0 Å². The average Bonchev–Trinajstić information content (AvgIpc) is 2.54. The van der Waals surface area contributed by atoms with Crippen molar-refractivity contribution in [3.05, 3.63) is 22.4 Å². The Balaban J connectivity index is 2.84. The van der Waals surface area contributed by atoms with Crippen LogP contribution >= 0.6 is 11.3 Å². The maximum absolute atomic E-state index is 10.1. The fourth-order valence-electron chi connectivity index (χ4n) is 1.08. The van der Waals surface area contributed by atoms with Crippen molar-refractivity contribution in [3.8, 4) is 0 Å². The first kappa shape index (κ1) is 10.7. The molecule has 2 nitrogen and oxygen atoms in total. The highest BCUT2D eigenvalue weighted by Gasteiger charge is 2.31. The molecule has 74 valence electrons. The summed E-state index contributed by atoms with van der Waals surface area (Å²) >= 11 is 1.62. The van der Waals surface area contributed by atoms with Crippen LogP contribution in [0.1, 0.15) is 25.5 Å². The topological polar surface area (TPSA) is 23.5 Å². The molecule has 0 bridgehead atoms. The number of nitrogens with zero attached hydrogens (tertiary/aromatic N) is 1. The Kier molecular flexibility index (Phi) is 3.11. The molecule has 0 aromatic carbocycles. The molecule has 0 amide bonds. The second-order valence-corrected chi connectivity index (χ2v) is 4.79. The Hall–Kier alpha value is -0.380. The van der Waals surface area contributed by atoms with E-state index in [4.69, 9.17) is 0 Å². The van der Waals surface area contributed by atoms with Crippen LogP contribution in [0.2, 0.25) is 0 Å². The van der Waals surface area contributed by atoms with Crippen LogP contribution in [0.5, 0.6) is 0 Å². The third kappa shape index (κ3) is 2.10. The third-order valence-corrected chi connectivity index (χ3v) is 3.38.